The summed E-state index contributed by atoms with van der Waals surface area (Å²) in [7, 11) is 0. The van der Waals surface area contributed by atoms with Crippen LogP contribution in [0.2, 0.25) is 0 Å². The molecule has 3 N–H and O–H groups in total. The largest absolute Gasteiger partial charge is 0.384 e. The molecule has 0 spiro atoms. The third-order valence-corrected chi connectivity index (χ3v) is 3.68. The summed E-state index contributed by atoms with van der Waals surface area (Å²) >= 11 is 0. The smallest absolute Gasteiger partial charge is 0.138 e. The SMILES string of the molecule is N#Cc1cccc(-c2cnc3[nH]c4cnc(N)cc4c3c2)c1. The summed E-state index contributed by atoms with van der Waals surface area (Å²) in [6, 6.07) is 13.5. The van der Waals surface area contributed by atoms with Gasteiger partial charge in [0.15, 0.2) is 0 Å². The Morgan fingerprint density at radius 3 is 2.77 bits per heavy atom. The van der Waals surface area contributed by atoms with Crippen LogP contribution in [0, 0.1) is 11.3 Å². The highest BCUT2D eigenvalue weighted by Gasteiger charge is 2.08. The molecule has 0 aliphatic carbocycles. The van der Waals surface area contributed by atoms with Gasteiger partial charge in [0.25, 0.3) is 0 Å². The van der Waals surface area contributed by atoms with Crippen molar-refractivity contribution in [2.45, 2.75) is 0 Å². The molecule has 0 atom stereocenters. The van der Waals surface area contributed by atoms with Crippen LogP contribution >= 0.6 is 0 Å². The number of rotatable bonds is 1. The average Bonchev–Trinajstić information content (AvgIpc) is 2.92. The van der Waals surface area contributed by atoms with Crippen molar-refractivity contribution >= 4 is 27.8 Å². The molecule has 0 unspecified atom stereocenters. The summed E-state index contributed by atoms with van der Waals surface area (Å²) < 4.78 is 0. The Morgan fingerprint density at radius 1 is 1.00 bits per heavy atom. The Labute approximate surface area is 126 Å². The lowest BCUT2D eigenvalue weighted by atomic mass is 10.0. The van der Waals surface area contributed by atoms with Gasteiger partial charge in [0, 0.05) is 22.5 Å². The summed E-state index contributed by atoms with van der Waals surface area (Å²) in [4.78, 5) is 11.8. The molecular weight excluding hydrogens is 274 g/mol. The minimum absolute atomic E-state index is 0.477. The van der Waals surface area contributed by atoms with Crippen molar-refractivity contribution in [1.82, 2.24) is 15.0 Å². The Hall–Kier alpha value is -3.39. The van der Waals surface area contributed by atoms with Crippen molar-refractivity contribution < 1.29 is 0 Å². The Kier molecular flexibility index (Phi) is 2.57. The molecule has 0 saturated carbocycles. The van der Waals surface area contributed by atoms with E-state index in [-0.39, 0.29) is 0 Å². The number of H-pyrrole nitrogens is 1. The van der Waals surface area contributed by atoms with Gasteiger partial charge in [0.2, 0.25) is 0 Å². The minimum Gasteiger partial charge on any atom is -0.384 e. The van der Waals surface area contributed by atoms with Gasteiger partial charge < -0.3 is 10.7 Å². The molecule has 5 heteroatoms. The van der Waals surface area contributed by atoms with Gasteiger partial charge in [-0.2, -0.15) is 5.26 Å². The standard InChI is InChI=1S/C17H11N5/c18-7-10-2-1-3-11(4-10)12-5-14-13-6-16(19)20-9-15(13)22-17(14)21-8-12/h1-6,8-9H,(H2,19,20)(H,21,22). The number of benzene rings is 1. The van der Waals surface area contributed by atoms with Gasteiger partial charge in [-0.25, -0.2) is 9.97 Å². The zero-order valence-electron chi connectivity index (χ0n) is 11.5. The van der Waals surface area contributed by atoms with Crippen molar-refractivity contribution in [3.8, 4) is 17.2 Å². The lowest BCUT2D eigenvalue weighted by Gasteiger charge is -2.02. The van der Waals surface area contributed by atoms with E-state index in [1.54, 1.807) is 18.5 Å². The van der Waals surface area contributed by atoms with E-state index in [9.17, 15) is 0 Å². The van der Waals surface area contributed by atoms with Gasteiger partial charge in [-0.15, -0.1) is 0 Å². The summed E-state index contributed by atoms with van der Waals surface area (Å²) in [5.41, 5.74) is 10.0. The van der Waals surface area contributed by atoms with Crippen LogP contribution < -0.4 is 5.73 Å². The monoisotopic (exact) mass is 285 g/mol. The van der Waals surface area contributed by atoms with Crippen molar-refractivity contribution in [2.24, 2.45) is 0 Å². The van der Waals surface area contributed by atoms with E-state index in [1.165, 1.54) is 0 Å². The molecule has 0 aliphatic heterocycles. The molecule has 22 heavy (non-hydrogen) atoms. The topological polar surface area (TPSA) is 91.4 Å². The molecule has 4 aromatic rings. The highest BCUT2D eigenvalue weighted by Crippen LogP contribution is 2.29. The van der Waals surface area contributed by atoms with E-state index in [0.717, 1.165) is 33.1 Å². The van der Waals surface area contributed by atoms with Crippen LogP contribution in [0.25, 0.3) is 33.1 Å². The molecule has 0 radical (unpaired) electrons. The molecule has 3 heterocycles. The third kappa shape index (κ3) is 1.86. The van der Waals surface area contributed by atoms with Crippen molar-refractivity contribution in [3.63, 3.8) is 0 Å². The minimum atomic E-state index is 0.477. The number of nitrogen functional groups attached to an aromatic ring is 1. The van der Waals surface area contributed by atoms with Crippen LogP contribution in [-0.2, 0) is 0 Å². The summed E-state index contributed by atoms with van der Waals surface area (Å²) in [6.45, 7) is 0. The van der Waals surface area contributed by atoms with Crippen LogP contribution in [0.4, 0.5) is 5.82 Å². The molecule has 104 valence electrons. The number of aromatic amines is 1. The van der Waals surface area contributed by atoms with Gasteiger partial charge in [0.05, 0.1) is 23.3 Å². The maximum Gasteiger partial charge on any atom is 0.138 e. The van der Waals surface area contributed by atoms with Gasteiger partial charge in [-0.3, -0.25) is 0 Å². The molecule has 1 aromatic carbocycles. The van der Waals surface area contributed by atoms with E-state index in [2.05, 4.69) is 27.1 Å². The van der Waals surface area contributed by atoms with Gasteiger partial charge in [-0.1, -0.05) is 12.1 Å². The highest BCUT2D eigenvalue weighted by atomic mass is 14.9. The van der Waals surface area contributed by atoms with E-state index in [0.29, 0.717) is 11.4 Å². The average molecular weight is 285 g/mol. The Balaban J connectivity index is 1.98. The molecule has 5 nitrogen and oxygen atoms in total. The fraction of sp³-hybridized carbons (Fsp3) is 0. The molecule has 0 fully saturated rings. The van der Waals surface area contributed by atoms with Gasteiger partial charge in [0.1, 0.15) is 11.5 Å². The molecule has 0 aliphatic rings. The first kappa shape index (κ1) is 12.4. The van der Waals surface area contributed by atoms with Gasteiger partial charge >= 0.3 is 0 Å². The lowest BCUT2D eigenvalue weighted by Crippen LogP contribution is -1.87. The number of anilines is 1. The molecule has 0 saturated heterocycles. The maximum absolute atomic E-state index is 9.03. The van der Waals surface area contributed by atoms with Gasteiger partial charge in [-0.05, 0) is 29.8 Å². The van der Waals surface area contributed by atoms with Crippen LogP contribution in [0.15, 0.2) is 48.8 Å². The second-order valence-corrected chi connectivity index (χ2v) is 5.09. The molecule has 0 bridgehead atoms. The molecule has 0 amide bonds. The summed E-state index contributed by atoms with van der Waals surface area (Å²) in [5.74, 6) is 0.477. The number of hydrogen-bond acceptors (Lipinski definition) is 4. The van der Waals surface area contributed by atoms with E-state index in [1.807, 2.05) is 24.3 Å². The molecular formula is C17H11N5. The van der Waals surface area contributed by atoms with Crippen molar-refractivity contribution in [2.75, 3.05) is 5.73 Å². The normalized spacial score (nSPS) is 10.9. The third-order valence-electron chi connectivity index (χ3n) is 3.68. The first-order valence-corrected chi connectivity index (χ1v) is 6.78. The molecule has 4 rings (SSSR count). The van der Waals surface area contributed by atoms with Crippen molar-refractivity contribution in [1.29, 1.82) is 5.26 Å². The number of fused-ring (bicyclic) bond motifs is 3. The first-order chi connectivity index (χ1) is 10.7. The zero-order chi connectivity index (χ0) is 15.1. The maximum atomic E-state index is 9.03. The molecule has 3 aromatic heterocycles. The fourth-order valence-electron chi connectivity index (χ4n) is 2.62. The van der Waals surface area contributed by atoms with Crippen LogP contribution in [0.3, 0.4) is 0 Å². The number of nitrogens with one attached hydrogen (secondary N) is 1. The number of aromatic nitrogens is 3. The second kappa shape index (κ2) is 4.57. The predicted octanol–water partition coefficient (Wildman–Crippen LogP) is 3.23. The quantitative estimate of drug-likeness (QED) is 0.561. The number of nitriles is 1. The number of nitrogens with zero attached hydrogens (tertiary/aromatic N) is 3. The Morgan fingerprint density at radius 2 is 1.91 bits per heavy atom. The van der Waals surface area contributed by atoms with Crippen LogP contribution in [-0.4, -0.2) is 15.0 Å². The predicted molar refractivity (Wildman–Crippen MR) is 86.0 cm³/mol. The number of nitrogens with two attached hydrogens (primary N) is 1. The van der Waals surface area contributed by atoms with Crippen molar-refractivity contribution in [3.05, 3.63) is 54.4 Å². The van der Waals surface area contributed by atoms with Crippen LogP contribution in [0.5, 0.6) is 0 Å². The van der Waals surface area contributed by atoms with E-state index < -0.39 is 0 Å². The fourth-order valence-corrected chi connectivity index (χ4v) is 2.62. The zero-order valence-corrected chi connectivity index (χ0v) is 11.5. The summed E-state index contributed by atoms with van der Waals surface area (Å²) in [6.07, 6.45) is 3.51. The summed E-state index contributed by atoms with van der Waals surface area (Å²) in [5, 5.41) is 11.0. The Bertz CT molecular complexity index is 1060. The van der Waals surface area contributed by atoms with E-state index >= 15 is 0 Å². The lowest BCUT2D eigenvalue weighted by molar-refractivity contribution is 1.32. The number of hydrogen-bond donors (Lipinski definition) is 2. The number of pyridine rings is 2. The van der Waals surface area contributed by atoms with Crippen LogP contribution in [0.1, 0.15) is 5.56 Å². The van der Waals surface area contributed by atoms with E-state index in [4.69, 9.17) is 11.0 Å². The highest BCUT2D eigenvalue weighted by molar-refractivity contribution is 6.07. The first-order valence-electron chi connectivity index (χ1n) is 6.78. The second-order valence-electron chi connectivity index (χ2n) is 5.09.